The summed E-state index contributed by atoms with van der Waals surface area (Å²) in [6.45, 7) is 0. The Labute approximate surface area is 121 Å². The number of hydrogen-bond donors (Lipinski definition) is 3. The Morgan fingerprint density at radius 1 is 1.14 bits per heavy atom. The van der Waals surface area contributed by atoms with Gasteiger partial charge in [0.15, 0.2) is 0 Å². The lowest BCUT2D eigenvalue weighted by Gasteiger charge is -2.09. The van der Waals surface area contributed by atoms with Gasteiger partial charge in [-0.05, 0) is 36.4 Å². The number of methoxy groups -OCH3 is 1. The van der Waals surface area contributed by atoms with Gasteiger partial charge in [0.25, 0.3) is 5.91 Å². The minimum absolute atomic E-state index is 0.291. The van der Waals surface area contributed by atoms with E-state index in [1.165, 1.54) is 13.2 Å². The second-order valence-corrected chi connectivity index (χ2v) is 4.35. The predicted octanol–water partition coefficient (Wildman–Crippen LogP) is 1.63. The molecule has 0 saturated heterocycles. The van der Waals surface area contributed by atoms with Gasteiger partial charge in [0.05, 0.1) is 12.7 Å². The maximum atomic E-state index is 12.2. The second-order valence-electron chi connectivity index (χ2n) is 4.35. The van der Waals surface area contributed by atoms with Crippen molar-refractivity contribution in [1.82, 2.24) is 0 Å². The first-order valence-electron chi connectivity index (χ1n) is 6.16. The molecule has 0 atom stereocenters. The van der Waals surface area contributed by atoms with Crippen LogP contribution in [-0.4, -0.2) is 18.9 Å². The van der Waals surface area contributed by atoms with Crippen molar-refractivity contribution in [2.75, 3.05) is 18.2 Å². The number of nitrogens with two attached hydrogens (primary N) is 2. The van der Waals surface area contributed by atoms with E-state index in [0.29, 0.717) is 28.3 Å². The van der Waals surface area contributed by atoms with Crippen molar-refractivity contribution in [2.24, 2.45) is 5.73 Å². The van der Waals surface area contributed by atoms with E-state index in [0.717, 1.165) is 0 Å². The van der Waals surface area contributed by atoms with Crippen molar-refractivity contribution in [2.45, 2.75) is 0 Å². The van der Waals surface area contributed by atoms with Crippen LogP contribution in [0.4, 0.5) is 11.4 Å². The van der Waals surface area contributed by atoms with Crippen LogP contribution in [0.5, 0.6) is 5.75 Å². The molecule has 6 nitrogen and oxygen atoms in total. The van der Waals surface area contributed by atoms with E-state index in [-0.39, 0.29) is 0 Å². The summed E-state index contributed by atoms with van der Waals surface area (Å²) in [6, 6.07) is 11.1. The highest BCUT2D eigenvalue weighted by molar-refractivity contribution is 6.08. The Morgan fingerprint density at radius 2 is 1.90 bits per heavy atom. The van der Waals surface area contributed by atoms with Gasteiger partial charge in [-0.2, -0.15) is 0 Å². The summed E-state index contributed by atoms with van der Waals surface area (Å²) in [6.07, 6.45) is 0. The van der Waals surface area contributed by atoms with Crippen molar-refractivity contribution in [3.63, 3.8) is 0 Å². The van der Waals surface area contributed by atoms with Crippen LogP contribution < -0.4 is 21.5 Å². The lowest BCUT2D eigenvalue weighted by molar-refractivity contribution is 0.0996. The molecule has 0 aliphatic rings. The van der Waals surface area contributed by atoms with Crippen LogP contribution >= 0.6 is 0 Å². The third-order valence-corrected chi connectivity index (χ3v) is 2.91. The number of ether oxygens (including phenoxy) is 1. The van der Waals surface area contributed by atoms with Gasteiger partial charge in [0, 0.05) is 16.9 Å². The zero-order chi connectivity index (χ0) is 15.4. The number of nitrogens with one attached hydrogen (secondary N) is 1. The van der Waals surface area contributed by atoms with Crippen LogP contribution in [0.1, 0.15) is 20.7 Å². The summed E-state index contributed by atoms with van der Waals surface area (Å²) < 4.78 is 5.06. The van der Waals surface area contributed by atoms with E-state index >= 15 is 0 Å². The summed E-state index contributed by atoms with van der Waals surface area (Å²) in [5.41, 5.74) is 12.4. The Hall–Kier alpha value is -3.02. The highest BCUT2D eigenvalue weighted by Gasteiger charge is 2.12. The van der Waals surface area contributed by atoms with Gasteiger partial charge >= 0.3 is 0 Å². The summed E-state index contributed by atoms with van der Waals surface area (Å²) in [4.78, 5) is 23.3. The topological polar surface area (TPSA) is 107 Å². The van der Waals surface area contributed by atoms with Gasteiger partial charge in [-0.15, -0.1) is 0 Å². The minimum Gasteiger partial charge on any atom is -0.497 e. The first kappa shape index (κ1) is 14.4. The zero-order valence-electron chi connectivity index (χ0n) is 11.4. The number of rotatable bonds is 4. The lowest BCUT2D eigenvalue weighted by Crippen LogP contribution is -2.15. The molecule has 2 rings (SSSR count). The van der Waals surface area contributed by atoms with Crippen LogP contribution in [0.15, 0.2) is 42.5 Å². The highest BCUT2D eigenvalue weighted by atomic mass is 16.5. The standard InChI is InChI=1S/C15H15N3O3/c1-21-11-5-6-13(16)12(8-11)15(20)18-10-4-2-3-9(7-10)14(17)19/h2-8H,16H2,1H3,(H2,17,19)(H,18,20). The Morgan fingerprint density at radius 3 is 2.57 bits per heavy atom. The molecule has 5 N–H and O–H groups in total. The molecular weight excluding hydrogens is 270 g/mol. The monoisotopic (exact) mass is 285 g/mol. The highest BCUT2D eigenvalue weighted by Crippen LogP contribution is 2.21. The normalized spacial score (nSPS) is 9.95. The van der Waals surface area contributed by atoms with Crippen molar-refractivity contribution in [3.05, 3.63) is 53.6 Å². The number of nitrogen functional groups attached to an aromatic ring is 1. The number of carbonyl (C=O) groups is 2. The molecule has 0 spiro atoms. The summed E-state index contributed by atoms with van der Waals surface area (Å²) in [5, 5.41) is 2.66. The third kappa shape index (κ3) is 3.30. The fourth-order valence-electron chi connectivity index (χ4n) is 1.81. The number of hydrogen-bond acceptors (Lipinski definition) is 4. The molecule has 0 saturated carbocycles. The molecule has 0 heterocycles. The van der Waals surface area contributed by atoms with Crippen LogP contribution in [0.2, 0.25) is 0 Å². The second kappa shape index (κ2) is 5.96. The molecule has 2 aromatic carbocycles. The molecule has 0 bridgehead atoms. The lowest BCUT2D eigenvalue weighted by atomic mass is 10.1. The number of primary amides is 1. The van der Waals surface area contributed by atoms with Crippen LogP contribution in [-0.2, 0) is 0 Å². The van der Waals surface area contributed by atoms with Crippen LogP contribution in [0.3, 0.4) is 0 Å². The van der Waals surface area contributed by atoms with E-state index in [1.54, 1.807) is 36.4 Å². The molecule has 0 aromatic heterocycles. The van der Waals surface area contributed by atoms with Crippen molar-refractivity contribution in [1.29, 1.82) is 0 Å². The van der Waals surface area contributed by atoms with Gasteiger partial charge in [0.1, 0.15) is 5.75 Å². The SMILES string of the molecule is COc1ccc(N)c(C(=O)Nc2cccc(C(N)=O)c2)c1. The largest absolute Gasteiger partial charge is 0.497 e. The van der Waals surface area contributed by atoms with Crippen molar-refractivity contribution in [3.8, 4) is 5.75 Å². The molecule has 0 radical (unpaired) electrons. The first-order chi connectivity index (χ1) is 10.0. The third-order valence-electron chi connectivity index (χ3n) is 2.91. The van der Waals surface area contributed by atoms with E-state index < -0.39 is 11.8 Å². The molecule has 0 unspecified atom stereocenters. The zero-order valence-corrected chi connectivity index (χ0v) is 11.4. The number of benzene rings is 2. The van der Waals surface area contributed by atoms with E-state index in [4.69, 9.17) is 16.2 Å². The molecule has 0 aliphatic heterocycles. The molecule has 0 fully saturated rings. The average Bonchev–Trinajstić information content (AvgIpc) is 2.48. The van der Waals surface area contributed by atoms with E-state index in [1.807, 2.05) is 0 Å². The summed E-state index contributed by atoms with van der Waals surface area (Å²) in [5.74, 6) is -0.430. The summed E-state index contributed by atoms with van der Waals surface area (Å²) >= 11 is 0. The molecule has 6 heteroatoms. The quantitative estimate of drug-likeness (QED) is 0.742. The van der Waals surface area contributed by atoms with E-state index in [9.17, 15) is 9.59 Å². The Kier molecular flexibility index (Phi) is 4.08. The fraction of sp³-hybridized carbons (Fsp3) is 0.0667. The molecular formula is C15H15N3O3. The number of amides is 2. The maximum absolute atomic E-state index is 12.2. The van der Waals surface area contributed by atoms with Crippen LogP contribution in [0, 0.1) is 0 Å². The minimum atomic E-state index is -0.563. The van der Waals surface area contributed by atoms with Crippen molar-refractivity contribution < 1.29 is 14.3 Å². The Bertz CT molecular complexity index is 698. The average molecular weight is 285 g/mol. The van der Waals surface area contributed by atoms with Gasteiger partial charge in [-0.1, -0.05) is 6.07 Å². The first-order valence-corrected chi connectivity index (χ1v) is 6.16. The molecule has 2 amide bonds. The molecule has 2 aromatic rings. The van der Waals surface area contributed by atoms with E-state index in [2.05, 4.69) is 5.32 Å². The van der Waals surface area contributed by atoms with Gasteiger partial charge in [-0.3, -0.25) is 9.59 Å². The number of anilines is 2. The molecule has 0 aliphatic carbocycles. The van der Waals surface area contributed by atoms with Crippen LogP contribution in [0.25, 0.3) is 0 Å². The number of carbonyl (C=O) groups excluding carboxylic acids is 2. The molecule has 108 valence electrons. The predicted molar refractivity (Wildman–Crippen MR) is 80.3 cm³/mol. The smallest absolute Gasteiger partial charge is 0.257 e. The Balaban J connectivity index is 2.25. The molecule has 21 heavy (non-hydrogen) atoms. The van der Waals surface area contributed by atoms with Crippen molar-refractivity contribution >= 4 is 23.2 Å². The maximum Gasteiger partial charge on any atom is 0.257 e. The summed E-state index contributed by atoms with van der Waals surface area (Å²) in [7, 11) is 1.50. The fourth-order valence-corrected chi connectivity index (χ4v) is 1.81. The van der Waals surface area contributed by atoms with Gasteiger partial charge in [-0.25, -0.2) is 0 Å². The van der Waals surface area contributed by atoms with Gasteiger partial charge < -0.3 is 21.5 Å². The van der Waals surface area contributed by atoms with Gasteiger partial charge in [0.2, 0.25) is 5.91 Å².